The maximum absolute atomic E-state index is 12.2. The fourth-order valence-corrected chi connectivity index (χ4v) is 2.78. The number of benzene rings is 1. The third-order valence-electron chi connectivity index (χ3n) is 4.30. The number of hydrogen-bond acceptors (Lipinski definition) is 3. The first-order chi connectivity index (χ1) is 11.5. The molecule has 6 heteroatoms. The molecule has 1 heterocycles. The van der Waals surface area contributed by atoms with E-state index in [1.807, 2.05) is 0 Å². The highest BCUT2D eigenvalue weighted by molar-refractivity contribution is 5.94. The molecule has 0 radical (unpaired) electrons. The first-order valence-corrected chi connectivity index (χ1v) is 8.38. The number of likely N-dealkylation sites (tertiary alicyclic amines) is 1. The molecule has 6 nitrogen and oxygen atoms in total. The first-order valence-electron chi connectivity index (χ1n) is 8.38. The van der Waals surface area contributed by atoms with Crippen molar-refractivity contribution in [3.05, 3.63) is 29.8 Å². The number of amides is 2. The zero-order valence-electron chi connectivity index (χ0n) is 14.0. The molecule has 1 saturated heterocycles. The van der Waals surface area contributed by atoms with E-state index in [9.17, 15) is 14.4 Å². The predicted molar refractivity (Wildman–Crippen MR) is 90.8 cm³/mol. The van der Waals surface area contributed by atoms with Crippen LogP contribution in [0, 0.1) is 0 Å². The van der Waals surface area contributed by atoms with Crippen molar-refractivity contribution in [2.45, 2.75) is 44.9 Å². The maximum atomic E-state index is 12.2. The molecule has 1 fully saturated rings. The van der Waals surface area contributed by atoms with Gasteiger partial charge in [-0.2, -0.15) is 0 Å². The van der Waals surface area contributed by atoms with Gasteiger partial charge in [0.15, 0.2) is 0 Å². The number of nitrogens with zero attached hydrogens (tertiary/aromatic N) is 1. The van der Waals surface area contributed by atoms with E-state index in [1.165, 1.54) is 0 Å². The van der Waals surface area contributed by atoms with Crippen LogP contribution in [0.4, 0.5) is 5.69 Å². The summed E-state index contributed by atoms with van der Waals surface area (Å²) in [4.78, 5) is 36.9. The highest BCUT2D eigenvalue weighted by Gasteiger charge is 2.19. The molecule has 130 valence electrons. The molecule has 0 aliphatic carbocycles. The fraction of sp³-hybridized carbons (Fsp3) is 0.500. The Morgan fingerprint density at radius 3 is 2.75 bits per heavy atom. The van der Waals surface area contributed by atoms with E-state index < -0.39 is 11.9 Å². The lowest BCUT2D eigenvalue weighted by molar-refractivity contribution is -0.138. The van der Waals surface area contributed by atoms with Crippen LogP contribution < -0.4 is 5.32 Å². The molecule has 1 unspecified atom stereocenters. The maximum Gasteiger partial charge on any atom is 0.310 e. The van der Waals surface area contributed by atoms with Gasteiger partial charge in [-0.05, 0) is 37.5 Å². The summed E-state index contributed by atoms with van der Waals surface area (Å²) in [6.45, 7) is 2.25. The van der Waals surface area contributed by atoms with E-state index in [-0.39, 0.29) is 18.4 Å². The summed E-state index contributed by atoms with van der Waals surface area (Å²) < 4.78 is 0. The van der Waals surface area contributed by atoms with E-state index >= 15 is 0 Å². The van der Waals surface area contributed by atoms with Gasteiger partial charge in [-0.25, -0.2) is 0 Å². The van der Waals surface area contributed by atoms with Crippen LogP contribution in [0.1, 0.15) is 50.5 Å². The largest absolute Gasteiger partial charge is 0.481 e. The molecule has 2 N–H and O–H groups in total. The van der Waals surface area contributed by atoms with Gasteiger partial charge < -0.3 is 15.3 Å². The number of carboxylic acids is 1. The molecule has 0 saturated carbocycles. The molecule has 0 bridgehead atoms. The van der Waals surface area contributed by atoms with Crippen molar-refractivity contribution in [3.8, 4) is 0 Å². The fourth-order valence-electron chi connectivity index (χ4n) is 2.78. The lowest BCUT2D eigenvalue weighted by atomic mass is 10.0. The molecule has 1 aromatic carbocycles. The van der Waals surface area contributed by atoms with E-state index in [2.05, 4.69) is 5.32 Å². The lowest BCUT2D eigenvalue weighted by Crippen LogP contribution is -2.39. The first kappa shape index (κ1) is 18.0. The van der Waals surface area contributed by atoms with Crippen molar-refractivity contribution in [2.24, 2.45) is 0 Å². The third-order valence-corrected chi connectivity index (χ3v) is 4.30. The topological polar surface area (TPSA) is 86.7 Å². The van der Waals surface area contributed by atoms with Crippen molar-refractivity contribution in [3.63, 3.8) is 0 Å². The Kier molecular flexibility index (Phi) is 6.35. The zero-order valence-corrected chi connectivity index (χ0v) is 14.0. The molecule has 1 atom stereocenters. The third kappa shape index (κ3) is 5.08. The van der Waals surface area contributed by atoms with E-state index in [1.54, 1.807) is 36.1 Å². The number of nitrogens with one attached hydrogen (secondary N) is 1. The minimum atomic E-state index is -0.912. The summed E-state index contributed by atoms with van der Waals surface area (Å²) in [5, 5.41) is 11.8. The number of carbonyl (C=O) groups is 3. The molecular formula is C18H24N2O4. The van der Waals surface area contributed by atoms with Gasteiger partial charge in [0.1, 0.15) is 0 Å². The highest BCUT2D eigenvalue weighted by atomic mass is 16.4. The van der Waals surface area contributed by atoms with Gasteiger partial charge >= 0.3 is 5.97 Å². The second-order valence-electron chi connectivity index (χ2n) is 6.21. The monoisotopic (exact) mass is 332 g/mol. The quantitative estimate of drug-likeness (QED) is 0.868. The average molecular weight is 332 g/mol. The molecule has 0 aromatic heterocycles. The zero-order chi connectivity index (χ0) is 17.5. The Balaban J connectivity index is 1.97. The van der Waals surface area contributed by atoms with Crippen molar-refractivity contribution in [1.82, 2.24) is 4.90 Å². The minimum Gasteiger partial charge on any atom is -0.481 e. The number of carboxylic acid groups (broad SMARTS) is 1. The van der Waals surface area contributed by atoms with Gasteiger partial charge in [-0.3, -0.25) is 14.4 Å². The standard InChI is InChI=1S/C18H24N2O4/c1-13(18(23)24)14-7-6-8-15(11-14)19-16(21)12-20-10-5-3-2-4-9-17(20)22/h6-8,11,13H,2-5,9-10,12H2,1H3,(H,19,21)(H,23,24). The molecule has 0 spiro atoms. The van der Waals surface area contributed by atoms with Crippen LogP contribution in [0.2, 0.25) is 0 Å². The van der Waals surface area contributed by atoms with Gasteiger partial charge in [-0.1, -0.05) is 25.0 Å². The minimum absolute atomic E-state index is 0.0260. The van der Waals surface area contributed by atoms with Crippen LogP contribution >= 0.6 is 0 Å². The van der Waals surface area contributed by atoms with Crippen LogP contribution in [-0.4, -0.2) is 40.9 Å². The summed E-state index contributed by atoms with van der Waals surface area (Å²) in [6, 6.07) is 6.80. The Labute approximate surface area is 141 Å². The van der Waals surface area contributed by atoms with E-state index in [0.29, 0.717) is 24.2 Å². The van der Waals surface area contributed by atoms with Gasteiger partial charge in [0.05, 0.1) is 12.5 Å². The smallest absolute Gasteiger partial charge is 0.310 e. The van der Waals surface area contributed by atoms with E-state index in [4.69, 9.17) is 5.11 Å². The molecule has 1 aliphatic heterocycles. The molecule has 1 aromatic rings. The van der Waals surface area contributed by atoms with Gasteiger partial charge in [0.2, 0.25) is 11.8 Å². The van der Waals surface area contributed by atoms with Crippen molar-refractivity contribution in [2.75, 3.05) is 18.4 Å². The summed E-state index contributed by atoms with van der Waals surface area (Å²) in [6.07, 6.45) is 4.45. The molecule has 1 aliphatic rings. The molecule has 2 amide bonds. The van der Waals surface area contributed by atoms with Crippen LogP contribution in [0.15, 0.2) is 24.3 Å². The molecular weight excluding hydrogens is 308 g/mol. The second kappa shape index (κ2) is 8.47. The summed E-state index contributed by atoms with van der Waals surface area (Å²) in [5.41, 5.74) is 1.17. The van der Waals surface area contributed by atoms with Crippen molar-refractivity contribution >= 4 is 23.5 Å². The Morgan fingerprint density at radius 2 is 2.00 bits per heavy atom. The number of rotatable bonds is 5. The number of carbonyl (C=O) groups excluding carboxylic acids is 2. The second-order valence-corrected chi connectivity index (χ2v) is 6.21. The van der Waals surface area contributed by atoms with Crippen LogP contribution in [0.25, 0.3) is 0 Å². The Bertz CT molecular complexity index is 615. The van der Waals surface area contributed by atoms with Crippen LogP contribution in [-0.2, 0) is 14.4 Å². The van der Waals surface area contributed by atoms with E-state index in [0.717, 1.165) is 25.7 Å². The Hall–Kier alpha value is -2.37. The normalized spacial score (nSPS) is 16.9. The van der Waals surface area contributed by atoms with Crippen molar-refractivity contribution < 1.29 is 19.5 Å². The number of aliphatic carboxylic acids is 1. The Morgan fingerprint density at radius 1 is 1.25 bits per heavy atom. The SMILES string of the molecule is CC(C(=O)O)c1cccc(NC(=O)CN2CCCCCCC2=O)c1. The summed E-state index contributed by atoms with van der Waals surface area (Å²) in [5.74, 6) is -1.79. The highest BCUT2D eigenvalue weighted by Crippen LogP contribution is 2.19. The molecule has 24 heavy (non-hydrogen) atoms. The predicted octanol–water partition coefficient (Wildman–Crippen LogP) is 2.61. The summed E-state index contributed by atoms with van der Waals surface area (Å²) >= 11 is 0. The average Bonchev–Trinajstić information content (AvgIpc) is 2.54. The summed E-state index contributed by atoms with van der Waals surface area (Å²) in [7, 11) is 0. The van der Waals surface area contributed by atoms with Gasteiger partial charge in [0.25, 0.3) is 0 Å². The van der Waals surface area contributed by atoms with Gasteiger partial charge in [-0.15, -0.1) is 0 Å². The lowest BCUT2D eigenvalue weighted by Gasteiger charge is -2.24. The van der Waals surface area contributed by atoms with Crippen molar-refractivity contribution in [1.29, 1.82) is 0 Å². The van der Waals surface area contributed by atoms with Gasteiger partial charge in [0, 0.05) is 18.7 Å². The van der Waals surface area contributed by atoms with Crippen LogP contribution in [0.3, 0.4) is 0 Å². The number of hydrogen-bond donors (Lipinski definition) is 2. The molecule has 2 rings (SSSR count). The van der Waals surface area contributed by atoms with Crippen LogP contribution in [0.5, 0.6) is 0 Å². The number of anilines is 1.